The molecule has 33 heavy (non-hydrogen) atoms. The van der Waals surface area contributed by atoms with Gasteiger partial charge < -0.3 is 26.6 Å². The molecule has 0 radical (unpaired) electrons. The van der Waals surface area contributed by atoms with Crippen molar-refractivity contribution in [1.29, 1.82) is 0 Å². The fourth-order valence-electron chi connectivity index (χ4n) is 2.90. The van der Waals surface area contributed by atoms with Crippen molar-refractivity contribution in [3.8, 4) is 0 Å². The van der Waals surface area contributed by atoms with Gasteiger partial charge in [0.15, 0.2) is 6.04 Å². The van der Waals surface area contributed by atoms with Crippen LogP contribution in [0, 0.1) is 0 Å². The average Bonchev–Trinajstić information content (AvgIpc) is 2.81. The summed E-state index contributed by atoms with van der Waals surface area (Å²) in [5.74, 6) is -2.86. The topological polar surface area (TPSA) is 159 Å². The van der Waals surface area contributed by atoms with Crippen LogP contribution in [0.4, 0.5) is 0 Å². The second-order valence-electron chi connectivity index (χ2n) is 7.29. The van der Waals surface area contributed by atoms with E-state index in [0.29, 0.717) is 11.3 Å². The van der Waals surface area contributed by atoms with E-state index in [9.17, 15) is 24.3 Å². The quantitative estimate of drug-likeness (QED) is 0.293. The number of carbonyl (C=O) groups is 4. The Labute approximate surface area is 195 Å². The molecule has 2 aromatic carbocycles. The van der Waals surface area contributed by atoms with Crippen molar-refractivity contribution in [2.24, 2.45) is 5.73 Å². The Balaban J connectivity index is 2.06. The van der Waals surface area contributed by atoms with E-state index in [4.69, 9.17) is 10.8 Å². The van der Waals surface area contributed by atoms with Gasteiger partial charge in [-0.25, -0.2) is 4.79 Å². The molecule has 0 aliphatic carbocycles. The van der Waals surface area contributed by atoms with Crippen LogP contribution in [0.5, 0.6) is 0 Å². The zero-order valence-electron chi connectivity index (χ0n) is 17.8. The fourth-order valence-corrected chi connectivity index (χ4v) is 3.92. The number of carboxylic acids is 2. The van der Waals surface area contributed by atoms with Crippen LogP contribution in [0.2, 0.25) is 0 Å². The second-order valence-corrected chi connectivity index (χ2v) is 8.33. The molecule has 2 aromatic rings. The normalized spacial score (nSPS) is 13.4. The molecule has 10 heteroatoms. The first kappa shape index (κ1) is 25.9. The van der Waals surface area contributed by atoms with Crippen molar-refractivity contribution in [3.63, 3.8) is 0 Å². The van der Waals surface area contributed by atoms with E-state index in [1.807, 2.05) is 30.3 Å². The molecule has 176 valence electrons. The van der Waals surface area contributed by atoms with Crippen molar-refractivity contribution in [1.82, 2.24) is 10.6 Å². The molecule has 6 N–H and O–H groups in total. The molecule has 0 fully saturated rings. The highest BCUT2D eigenvalue weighted by molar-refractivity contribution is 7.98. The van der Waals surface area contributed by atoms with Crippen molar-refractivity contribution in [3.05, 3.63) is 71.8 Å². The van der Waals surface area contributed by atoms with Gasteiger partial charge in [0.1, 0.15) is 12.1 Å². The number of amides is 2. The number of carboxylic acid groups (broad SMARTS) is 2. The number of nitrogens with one attached hydrogen (secondary N) is 2. The minimum Gasteiger partial charge on any atom is -0.480 e. The maximum absolute atomic E-state index is 12.9. The van der Waals surface area contributed by atoms with Crippen LogP contribution in [-0.4, -0.2) is 51.8 Å². The van der Waals surface area contributed by atoms with Crippen LogP contribution in [0.15, 0.2) is 60.7 Å². The first-order chi connectivity index (χ1) is 15.8. The van der Waals surface area contributed by atoms with Gasteiger partial charge in [-0.1, -0.05) is 60.7 Å². The van der Waals surface area contributed by atoms with E-state index in [0.717, 1.165) is 5.56 Å². The summed E-state index contributed by atoms with van der Waals surface area (Å²) in [6.07, 6.45) is -0.268. The third-order valence-electron chi connectivity index (χ3n) is 4.71. The number of rotatable bonds is 13. The van der Waals surface area contributed by atoms with Gasteiger partial charge >= 0.3 is 11.9 Å². The van der Waals surface area contributed by atoms with E-state index in [2.05, 4.69) is 10.6 Å². The molecule has 0 aromatic heterocycles. The predicted octanol–water partition coefficient (Wildman–Crippen LogP) is 1.54. The molecule has 0 heterocycles. The maximum Gasteiger partial charge on any atom is 0.330 e. The van der Waals surface area contributed by atoms with Crippen molar-refractivity contribution in [2.75, 3.05) is 5.75 Å². The van der Waals surface area contributed by atoms with Crippen molar-refractivity contribution < 1.29 is 29.4 Å². The van der Waals surface area contributed by atoms with Crippen molar-refractivity contribution >= 4 is 35.5 Å². The van der Waals surface area contributed by atoms with E-state index >= 15 is 0 Å². The average molecular weight is 474 g/mol. The van der Waals surface area contributed by atoms with Crippen molar-refractivity contribution in [2.45, 2.75) is 36.7 Å². The fraction of sp³-hybridized carbons (Fsp3) is 0.304. The largest absolute Gasteiger partial charge is 0.480 e. The molecular formula is C23H27N3O6S. The molecule has 0 aliphatic rings. The number of benzene rings is 2. The summed E-state index contributed by atoms with van der Waals surface area (Å²) >= 11 is 1.40. The third-order valence-corrected chi connectivity index (χ3v) is 5.82. The van der Waals surface area contributed by atoms with Gasteiger partial charge in [-0.05, 0) is 17.5 Å². The van der Waals surface area contributed by atoms with Gasteiger partial charge in [0.2, 0.25) is 11.8 Å². The van der Waals surface area contributed by atoms with Gasteiger partial charge in [-0.15, -0.1) is 0 Å². The smallest absolute Gasteiger partial charge is 0.330 e. The van der Waals surface area contributed by atoms with Crippen LogP contribution >= 0.6 is 11.8 Å². The molecule has 9 nitrogen and oxygen atoms in total. The summed E-state index contributed by atoms with van der Waals surface area (Å²) in [6, 6.07) is 14.3. The monoisotopic (exact) mass is 473 g/mol. The standard InChI is InChI=1S/C23H27N3O6S/c24-17(22(29)30)11-12-19(27)25-18(14-33-13-15-7-3-1-4-8-15)21(28)26-20(23(31)32)16-9-5-2-6-10-16/h1-10,17-18,20H,11-14,24H2,(H,25,27)(H,26,28)(H,29,30)(H,31,32)/t17?,18-,20?/m0/s1. The zero-order chi connectivity index (χ0) is 24.2. The number of carbonyl (C=O) groups excluding carboxylic acids is 2. The van der Waals surface area contributed by atoms with Gasteiger partial charge in [-0.2, -0.15) is 11.8 Å². The van der Waals surface area contributed by atoms with Gasteiger partial charge in [0, 0.05) is 17.9 Å². The highest BCUT2D eigenvalue weighted by atomic mass is 32.2. The molecule has 0 bridgehead atoms. The van der Waals surface area contributed by atoms with Gasteiger partial charge in [0.25, 0.3) is 0 Å². The Morgan fingerprint density at radius 3 is 2.06 bits per heavy atom. The molecule has 0 spiro atoms. The molecule has 2 unspecified atom stereocenters. The van der Waals surface area contributed by atoms with Crippen LogP contribution in [-0.2, 0) is 24.9 Å². The number of thioether (sulfide) groups is 1. The number of nitrogens with two attached hydrogens (primary N) is 1. The van der Waals surface area contributed by atoms with E-state index < -0.39 is 41.9 Å². The minimum absolute atomic E-state index is 0.0889. The minimum atomic E-state index is -1.28. The lowest BCUT2D eigenvalue weighted by molar-refractivity contribution is -0.142. The molecule has 0 aliphatic heterocycles. The summed E-state index contributed by atoms with van der Waals surface area (Å²) in [5.41, 5.74) is 6.87. The molecule has 0 saturated heterocycles. The first-order valence-electron chi connectivity index (χ1n) is 10.3. The number of aliphatic carboxylic acids is 2. The maximum atomic E-state index is 12.9. The number of hydrogen-bond acceptors (Lipinski definition) is 6. The predicted molar refractivity (Wildman–Crippen MR) is 124 cm³/mol. The lowest BCUT2D eigenvalue weighted by atomic mass is 10.1. The molecule has 2 rings (SSSR count). The van der Waals surface area contributed by atoms with E-state index in [-0.39, 0.29) is 18.6 Å². The highest BCUT2D eigenvalue weighted by Gasteiger charge is 2.28. The Kier molecular flexibility index (Phi) is 10.4. The zero-order valence-corrected chi connectivity index (χ0v) is 18.7. The SMILES string of the molecule is NC(CCC(=O)N[C@@H](CSCc1ccccc1)C(=O)NC(C(=O)O)c1ccccc1)C(=O)O. The van der Waals surface area contributed by atoms with Gasteiger partial charge in [0.05, 0.1) is 0 Å². The van der Waals surface area contributed by atoms with Crippen LogP contribution in [0.1, 0.15) is 30.0 Å². The Hall–Kier alpha value is -3.37. The second kappa shape index (κ2) is 13.2. The highest BCUT2D eigenvalue weighted by Crippen LogP contribution is 2.16. The Morgan fingerprint density at radius 1 is 0.879 bits per heavy atom. The lowest BCUT2D eigenvalue weighted by Crippen LogP contribution is -2.50. The third kappa shape index (κ3) is 8.95. The Morgan fingerprint density at radius 2 is 1.48 bits per heavy atom. The molecule has 2 amide bonds. The Bertz CT molecular complexity index is 942. The summed E-state index contributed by atoms with van der Waals surface area (Å²) < 4.78 is 0. The van der Waals surface area contributed by atoms with Crippen LogP contribution in [0.25, 0.3) is 0 Å². The molecular weight excluding hydrogens is 446 g/mol. The lowest BCUT2D eigenvalue weighted by Gasteiger charge is -2.22. The van der Waals surface area contributed by atoms with E-state index in [1.54, 1.807) is 30.3 Å². The first-order valence-corrected chi connectivity index (χ1v) is 11.4. The van der Waals surface area contributed by atoms with Gasteiger partial charge in [-0.3, -0.25) is 14.4 Å². The van der Waals surface area contributed by atoms with Crippen LogP contribution < -0.4 is 16.4 Å². The summed E-state index contributed by atoms with van der Waals surface area (Å²) in [6.45, 7) is 0. The number of hydrogen-bond donors (Lipinski definition) is 5. The summed E-state index contributed by atoms with van der Waals surface area (Å²) in [5, 5.41) is 23.5. The molecule has 3 atom stereocenters. The van der Waals surface area contributed by atoms with Crippen LogP contribution in [0.3, 0.4) is 0 Å². The van der Waals surface area contributed by atoms with E-state index in [1.165, 1.54) is 11.8 Å². The summed E-state index contributed by atoms with van der Waals surface area (Å²) in [7, 11) is 0. The summed E-state index contributed by atoms with van der Waals surface area (Å²) in [4.78, 5) is 47.9. The molecule has 0 saturated carbocycles.